The highest BCUT2D eigenvalue weighted by Gasteiger charge is 2.32. The first-order chi connectivity index (χ1) is 15.9. The van der Waals surface area contributed by atoms with Crippen molar-refractivity contribution < 1.29 is 29.0 Å². The Kier molecular flexibility index (Phi) is 8.06. The lowest BCUT2D eigenvalue weighted by molar-refractivity contribution is -0.147. The summed E-state index contributed by atoms with van der Waals surface area (Å²) < 4.78 is 10.6. The molecule has 2 atom stereocenters. The van der Waals surface area contributed by atoms with Crippen molar-refractivity contribution in [3.63, 3.8) is 0 Å². The summed E-state index contributed by atoms with van der Waals surface area (Å²) in [4.78, 5) is 38.1. The molecular weight excluding hydrogens is 424 g/mol. The van der Waals surface area contributed by atoms with Crippen molar-refractivity contribution in [1.29, 1.82) is 0 Å². The van der Waals surface area contributed by atoms with Gasteiger partial charge in [-0.25, -0.2) is 4.79 Å². The van der Waals surface area contributed by atoms with E-state index in [2.05, 4.69) is 5.32 Å². The van der Waals surface area contributed by atoms with Crippen LogP contribution in [0, 0.1) is 0 Å². The van der Waals surface area contributed by atoms with E-state index in [1.54, 1.807) is 6.92 Å². The predicted molar refractivity (Wildman–Crippen MR) is 123 cm³/mol. The number of carbonyl (C=O) groups excluding carboxylic acids is 2. The topological polar surface area (TPSA) is 105 Å². The number of alkyl carbamates (subject to hydrolysis) is 1. The minimum Gasteiger partial charge on any atom is -0.480 e. The lowest BCUT2D eigenvalue weighted by atomic mass is 9.98. The van der Waals surface area contributed by atoms with Gasteiger partial charge in [0.25, 0.3) is 0 Å². The summed E-state index contributed by atoms with van der Waals surface area (Å²) in [5, 5.41) is 11.8. The van der Waals surface area contributed by atoms with Crippen LogP contribution in [-0.4, -0.2) is 66.9 Å². The number of hydrogen-bond donors (Lipinski definition) is 2. The van der Waals surface area contributed by atoms with Crippen LogP contribution in [0.3, 0.4) is 0 Å². The number of fused-ring (bicyclic) bond motifs is 3. The molecule has 2 unspecified atom stereocenters. The minimum absolute atomic E-state index is 0.102. The van der Waals surface area contributed by atoms with Gasteiger partial charge in [-0.3, -0.25) is 9.59 Å². The molecule has 2 amide bonds. The second-order valence-corrected chi connectivity index (χ2v) is 8.09. The van der Waals surface area contributed by atoms with E-state index in [1.807, 2.05) is 55.5 Å². The van der Waals surface area contributed by atoms with Gasteiger partial charge in [0.15, 0.2) is 0 Å². The van der Waals surface area contributed by atoms with Gasteiger partial charge in [-0.2, -0.15) is 0 Å². The van der Waals surface area contributed by atoms with E-state index in [0.717, 1.165) is 22.3 Å². The molecule has 0 fully saturated rings. The number of aliphatic carboxylic acids is 1. The summed E-state index contributed by atoms with van der Waals surface area (Å²) in [5.41, 5.74) is 4.40. The summed E-state index contributed by atoms with van der Waals surface area (Å²) >= 11 is 0. The highest BCUT2D eigenvalue weighted by Crippen LogP contribution is 2.44. The molecule has 0 saturated heterocycles. The number of nitrogens with one attached hydrogen (secondary N) is 1. The molecule has 33 heavy (non-hydrogen) atoms. The van der Waals surface area contributed by atoms with E-state index in [1.165, 1.54) is 12.0 Å². The van der Waals surface area contributed by atoms with E-state index >= 15 is 0 Å². The Morgan fingerprint density at radius 2 is 1.64 bits per heavy atom. The Balaban J connectivity index is 1.69. The van der Waals surface area contributed by atoms with Gasteiger partial charge in [-0.1, -0.05) is 55.5 Å². The monoisotopic (exact) mass is 454 g/mol. The lowest BCUT2D eigenvalue weighted by Gasteiger charge is -2.30. The summed E-state index contributed by atoms with van der Waals surface area (Å²) in [7, 11) is 1.41. The summed E-state index contributed by atoms with van der Waals surface area (Å²) in [6.07, 6.45) is -0.185. The molecule has 2 aromatic rings. The number of rotatable bonds is 10. The van der Waals surface area contributed by atoms with Crippen LogP contribution in [0.5, 0.6) is 0 Å². The molecule has 1 aliphatic rings. The zero-order valence-electron chi connectivity index (χ0n) is 19.1. The van der Waals surface area contributed by atoms with Gasteiger partial charge in [0, 0.05) is 19.1 Å². The number of carboxylic acid groups (broad SMARTS) is 1. The molecule has 0 spiro atoms. The molecule has 3 rings (SSSR count). The fraction of sp³-hybridized carbons (Fsp3) is 0.400. The van der Waals surface area contributed by atoms with E-state index in [-0.39, 0.29) is 25.2 Å². The summed E-state index contributed by atoms with van der Waals surface area (Å²) in [5.74, 6) is -1.76. The maximum atomic E-state index is 13.0. The van der Waals surface area contributed by atoms with Crippen LogP contribution in [-0.2, 0) is 19.1 Å². The zero-order valence-corrected chi connectivity index (χ0v) is 19.1. The Morgan fingerprint density at radius 1 is 1.06 bits per heavy atom. The number of carbonyl (C=O) groups is 3. The minimum atomic E-state index is -1.12. The largest absolute Gasteiger partial charge is 0.480 e. The molecule has 0 saturated carbocycles. The van der Waals surface area contributed by atoms with E-state index in [0.29, 0.717) is 6.42 Å². The van der Waals surface area contributed by atoms with Gasteiger partial charge in [0.1, 0.15) is 19.2 Å². The van der Waals surface area contributed by atoms with Crippen molar-refractivity contribution in [2.75, 3.05) is 26.9 Å². The fourth-order valence-corrected chi connectivity index (χ4v) is 4.14. The summed E-state index contributed by atoms with van der Waals surface area (Å²) in [6.45, 7) is 3.17. The molecule has 1 aliphatic carbocycles. The summed E-state index contributed by atoms with van der Waals surface area (Å²) in [6, 6.07) is 14.6. The molecule has 2 aromatic carbocycles. The van der Waals surface area contributed by atoms with Crippen molar-refractivity contribution in [2.45, 2.75) is 38.3 Å². The third kappa shape index (κ3) is 5.51. The van der Waals surface area contributed by atoms with Crippen molar-refractivity contribution in [2.24, 2.45) is 0 Å². The standard InChI is InChI=1S/C25H30N2O6/c1-4-16(2)27(13-23(28)29)24(30)22(15-32-3)26-25(31)33-14-21-19-11-7-5-9-17(19)18-10-6-8-12-20(18)21/h5-12,16,21-22H,4,13-15H2,1-3H3,(H,26,31)(H,28,29). The number of benzene rings is 2. The average molecular weight is 455 g/mol. The fourth-order valence-electron chi connectivity index (χ4n) is 4.14. The first kappa shape index (κ1) is 24.3. The van der Waals surface area contributed by atoms with Crippen LogP contribution >= 0.6 is 0 Å². The highest BCUT2D eigenvalue weighted by atomic mass is 16.5. The molecule has 8 nitrogen and oxygen atoms in total. The Hall–Kier alpha value is -3.39. The van der Waals surface area contributed by atoms with E-state index in [9.17, 15) is 19.5 Å². The Labute approximate surface area is 193 Å². The quantitative estimate of drug-likeness (QED) is 0.571. The van der Waals surface area contributed by atoms with E-state index in [4.69, 9.17) is 9.47 Å². The SMILES string of the molecule is CCC(C)N(CC(=O)O)C(=O)C(COC)NC(=O)OCC1c2ccccc2-c2ccccc21. The van der Waals surface area contributed by atoms with Crippen molar-refractivity contribution >= 4 is 18.0 Å². The molecule has 176 valence electrons. The maximum Gasteiger partial charge on any atom is 0.407 e. The average Bonchev–Trinajstić information content (AvgIpc) is 3.13. The van der Waals surface area contributed by atoms with Crippen molar-refractivity contribution in [1.82, 2.24) is 10.2 Å². The van der Waals surface area contributed by atoms with Crippen molar-refractivity contribution in [3.8, 4) is 11.1 Å². The molecule has 8 heteroatoms. The van der Waals surface area contributed by atoms with E-state index < -0.39 is 30.6 Å². The molecule has 0 heterocycles. The maximum absolute atomic E-state index is 13.0. The second-order valence-electron chi connectivity index (χ2n) is 8.09. The number of carboxylic acids is 1. The number of methoxy groups -OCH3 is 1. The lowest BCUT2D eigenvalue weighted by Crippen LogP contribution is -2.54. The van der Waals surface area contributed by atoms with Crippen LogP contribution in [0.25, 0.3) is 11.1 Å². The number of hydrogen-bond acceptors (Lipinski definition) is 5. The third-order valence-corrected chi connectivity index (χ3v) is 5.98. The normalized spacial score (nSPS) is 14.0. The van der Waals surface area contributed by atoms with Gasteiger partial charge in [-0.15, -0.1) is 0 Å². The number of amides is 2. The second kappa shape index (κ2) is 11.0. The first-order valence-electron chi connectivity index (χ1n) is 11.0. The van der Waals surface area contributed by atoms with Gasteiger partial charge in [0.2, 0.25) is 5.91 Å². The van der Waals surface area contributed by atoms with Crippen LogP contribution in [0.2, 0.25) is 0 Å². The Bertz CT molecular complexity index is 962. The van der Waals surface area contributed by atoms with Crippen LogP contribution in [0.1, 0.15) is 37.3 Å². The molecular formula is C25H30N2O6. The Morgan fingerprint density at radius 3 is 2.15 bits per heavy atom. The molecule has 0 bridgehead atoms. The van der Waals surface area contributed by atoms with Gasteiger partial charge in [-0.05, 0) is 35.6 Å². The predicted octanol–water partition coefficient (Wildman–Crippen LogP) is 3.25. The first-order valence-corrected chi connectivity index (χ1v) is 11.0. The molecule has 0 aromatic heterocycles. The third-order valence-electron chi connectivity index (χ3n) is 5.98. The molecule has 0 radical (unpaired) electrons. The number of nitrogens with zero attached hydrogens (tertiary/aromatic N) is 1. The van der Waals surface area contributed by atoms with Crippen LogP contribution in [0.15, 0.2) is 48.5 Å². The molecule has 2 N–H and O–H groups in total. The highest BCUT2D eigenvalue weighted by molar-refractivity contribution is 5.88. The van der Waals surface area contributed by atoms with Crippen molar-refractivity contribution in [3.05, 3.63) is 59.7 Å². The van der Waals surface area contributed by atoms with Crippen LogP contribution in [0.4, 0.5) is 4.79 Å². The smallest absolute Gasteiger partial charge is 0.407 e. The number of ether oxygens (including phenoxy) is 2. The van der Waals surface area contributed by atoms with Gasteiger partial charge < -0.3 is 24.8 Å². The van der Waals surface area contributed by atoms with Crippen LogP contribution < -0.4 is 5.32 Å². The zero-order chi connectivity index (χ0) is 24.0. The van der Waals surface area contributed by atoms with Gasteiger partial charge in [0.05, 0.1) is 6.61 Å². The molecule has 0 aliphatic heterocycles. The van der Waals surface area contributed by atoms with Gasteiger partial charge >= 0.3 is 12.1 Å².